The third kappa shape index (κ3) is 4.25. The fourth-order valence-corrected chi connectivity index (χ4v) is 3.29. The van der Waals surface area contributed by atoms with Gasteiger partial charge in [-0.1, -0.05) is 35.3 Å². The molecule has 4 rings (SSSR count). The molecule has 0 bridgehead atoms. The van der Waals surface area contributed by atoms with Gasteiger partial charge in [0.25, 0.3) is 5.56 Å². The van der Waals surface area contributed by atoms with Crippen molar-refractivity contribution in [1.82, 2.24) is 9.55 Å². The second-order valence-electron chi connectivity index (χ2n) is 6.54. The highest BCUT2D eigenvalue weighted by Gasteiger charge is 2.14. The van der Waals surface area contributed by atoms with E-state index in [0.29, 0.717) is 45.2 Å². The first-order valence-electron chi connectivity index (χ1n) is 9.19. The predicted octanol–water partition coefficient (Wildman–Crippen LogP) is 5.21. The van der Waals surface area contributed by atoms with E-state index in [1.54, 1.807) is 42.5 Å². The molecular formula is C22H16Cl2N2O4. The lowest BCUT2D eigenvalue weighted by atomic mass is 10.2. The molecule has 152 valence electrons. The molecule has 0 fully saturated rings. The van der Waals surface area contributed by atoms with E-state index in [4.69, 9.17) is 32.4 Å². The number of halogens is 2. The average Bonchev–Trinajstić information content (AvgIpc) is 3.25. The molecule has 6 nitrogen and oxygen atoms in total. The molecule has 4 aromatic rings. The van der Waals surface area contributed by atoms with Crippen LogP contribution in [0.5, 0.6) is 0 Å². The van der Waals surface area contributed by atoms with Gasteiger partial charge in [0.1, 0.15) is 5.76 Å². The van der Waals surface area contributed by atoms with E-state index >= 15 is 0 Å². The summed E-state index contributed by atoms with van der Waals surface area (Å²) in [5.41, 5.74) is 1.23. The minimum Gasteiger partial charge on any atom is -0.460 e. The SMILES string of the molecule is O=C(OCCCn1cnc2ccccc2c1=O)c1ccc(-c2ccc(Cl)c(Cl)c2)o1. The largest absolute Gasteiger partial charge is 0.460 e. The number of aryl methyl sites for hydroxylation is 1. The Bertz CT molecular complexity index is 1280. The van der Waals surface area contributed by atoms with E-state index in [2.05, 4.69) is 4.98 Å². The molecule has 2 aromatic carbocycles. The fourth-order valence-electron chi connectivity index (χ4n) is 2.99. The van der Waals surface area contributed by atoms with Crippen LogP contribution in [0, 0.1) is 0 Å². The van der Waals surface area contributed by atoms with Gasteiger partial charge in [0.2, 0.25) is 5.76 Å². The molecular weight excluding hydrogens is 427 g/mol. The Labute approximate surface area is 181 Å². The summed E-state index contributed by atoms with van der Waals surface area (Å²) in [6.07, 6.45) is 1.97. The molecule has 0 spiro atoms. The van der Waals surface area contributed by atoms with Crippen LogP contribution < -0.4 is 5.56 Å². The summed E-state index contributed by atoms with van der Waals surface area (Å²) in [5, 5.41) is 1.39. The molecule has 0 aliphatic heterocycles. The number of carbonyl (C=O) groups excluding carboxylic acids is 1. The number of para-hydroxylation sites is 1. The first-order chi connectivity index (χ1) is 14.5. The van der Waals surface area contributed by atoms with E-state index in [1.807, 2.05) is 6.07 Å². The number of ether oxygens (including phenoxy) is 1. The average molecular weight is 443 g/mol. The van der Waals surface area contributed by atoms with Crippen LogP contribution in [0.15, 0.2) is 70.1 Å². The topological polar surface area (TPSA) is 74.3 Å². The molecule has 0 aliphatic rings. The number of fused-ring (bicyclic) bond motifs is 1. The molecule has 2 aromatic heterocycles. The molecule has 2 heterocycles. The number of rotatable bonds is 6. The zero-order valence-electron chi connectivity index (χ0n) is 15.7. The smallest absolute Gasteiger partial charge is 0.374 e. The normalized spacial score (nSPS) is 11.0. The number of furan rings is 1. The lowest BCUT2D eigenvalue weighted by Crippen LogP contribution is -2.21. The van der Waals surface area contributed by atoms with Crippen LogP contribution in [-0.2, 0) is 11.3 Å². The van der Waals surface area contributed by atoms with E-state index in [1.165, 1.54) is 17.0 Å². The summed E-state index contributed by atoms with van der Waals surface area (Å²) in [5.74, 6) is -0.0137. The number of esters is 1. The van der Waals surface area contributed by atoms with Crippen LogP contribution in [0.4, 0.5) is 0 Å². The van der Waals surface area contributed by atoms with E-state index < -0.39 is 5.97 Å². The molecule has 0 amide bonds. The monoisotopic (exact) mass is 442 g/mol. The Morgan fingerprint density at radius 3 is 2.73 bits per heavy atom. The highest BCUT2D eigenvalue weighted by molar-refractivity contribution is 6.42. The Hall–Kier alpha value is -3.09. The second-order valence-corrected chi connectivity index (χ2v) is 7.36. The maximum atomic E-state index is 12.4. The van der Waals surface area contributed by atoms with E-state index in [-0.39, 0.29) is 17.9 Å². The first kappa shape index (κ1) is 20.2. The van der Waals surface area contributed by atoms with Gasteiger partial charge in [-0.2, -0.15) is 0 Å². The van der Waals surface area contributed by atoms with Gasteiger partial charge in [-0.05, 0) is 48.9 Å². The highest BCUT2D eigenvalue weighted by Crippen LogP contribution is 2.29. The Balaban J connectivity index is 1.34. The Kier molecular flexibility index (Phi) is 5.88. The summed E-state index contributed by atoms with van der Waals surface area (Å²) in [4.78, 5) is 28.9. The van der Waals surface area contributed by atoms with Gasteiger partial charge >= 0.3 is 5.97 Å². The molecule has 0 saturated heterocycles. The fraction of sp³-hybridized carbons (Fsp3) is 0.136. The van der Waals surface area contributed by atoms with Gasteiger partial charge in [-0.25, -0.2) is 9.78 Å². The first-order valence-corrected chi connectivity index (χ1v) is 9.95. The van der Waals surface area contributed by atoms with Crippen molar-refractivity contribution in [3.8, 4) is 11.3 Å². The van der Waals surface area contributed by atoms with Crippen LogP contribution in [0.25, 0.3) is 22.2 Å². The summed E-state index contributed by atoms with van der Waals surface area (Å²) in [6, 6.07) is 15.4. The summed E-state index contributed by atoms with van der Waals surface area (Å²) >= 11 is 11.9. The second kappa shape index (κ2) is 8.73. The van der Waals surface area contributed by atoms with Gasteiger partial charge in [0, 0.05) is 12.1 Å². The number of nitrogens with zero attached hydrogens (tertiary/aromatic N) is 2. The molecule has 8 heteroatoms. The van der Waals surface area contributed by atoms with Crippen molar-refractivity contribution < 1.29 is 13.9 Å². The molecule has 0 aliphatic carbocycles. The number of benzene rings is 2. The van der Waals surface area contributed by atoms with Crippen molar-refractivity contribution in [1.29, 1.82) is 0 Å². The quantitative estimate of drug-likeness (QED) is 0.302. The third-order valence-corrected chi connectivity index (χ3v) is 5.26. The van der Waals surface area contributed by atoms with Gasteiger partial charge in [0.05, 0.1) is 33.9 Å². The lowest BCUT2D eigenvalue weighted by Gasteiger charge is -2.07. The Morgan fingerprint density at radius 1 is 1.07 bits per heavy atom. The molecule has 0 saturated carbocycles. The number of hydrogen-bond acceptors (Lipinski definition) is 5. The minimum absolute atomic E-state index is 0.0839. The lowest BCUT2D eigenvalue weighted by molar-refractivity contribution is 0.0460. The van der Waals surface area contributed by atoms with Crippen molar-refractivity contribution in [3.63, 3.8) is 0 Å². The van der Waals surface area contributed by atoms with Crippen molar-refractivity contribution in [2.45, 2.75) is 13.0 Å². The van der Waals surface area contributed by atoms with Crippen LogP contribution >= 0.6 is 23.2 Å². The zero-order chi connectivity index (χ0) is 21.1. The predicted molar refractivity (Wildman–Crippen MR) is 115 cm³/mol. The highest BCUT2D eigenvalue weighted by atomic mass is 35.5. The van der Waals surface area contributed by atoms with Crippen LogP contribution in [0.2, 0.25) is 10.0 Å². The minimum atomic E-state index is -0.578. The Morgan fingerprint density at radius 2 is 1.90 bits per heavy atom. The molecule has 30 heavy (non-hydrogen) atoms. The van der Waals surface area contributed by atoms with Crippen molar-refractivity contribution in [2.24, 2.45) is 0 Å². The summed E-state index contributed by atoms with van der Waals surface area (Å²) in [6.45, 7) is 0.525. The molecule has 0 radical (unpaired) electrons. The standard InChI is InChI=1S/C22H16Cl2N2O4/c23-16-7-6-14(12-17(16)24)19-8-9-20(30-19)22(28)29-11-3-10-26-13-25-18-5-2-1-4-15(18)21(26)27/h1-2,4-9,12-13H,3,10-11H2. The number of carbonyl (C=O) groups is 1. The van der Waals surface area contributed by atoms with Crippen molar-refractivity contribution >= 4 is 40.1 Å². The summed E-state index contributed by atoms with van der Waals surface area (Å²) in [7, 11) is 0. The zero-order valence-corrected chi connectivity index (χ0v) is 17.2. The van der Waals surface area contributed by atoms with Crippen molar-refractivity contribution in [3.05, 3.63) is 87.1 Å². The van der Waals surface area contributed by atoms with Crippen LogP contribution in [0.3, 0.4) is 0 Å². The molecule has 0 atom stereocenters. The molecule has 0 unspecified atom stereocenters. The van der Waals surface area contributed by atoms with Gasteiger partial charge in [-0.3, -0.25) is 9.36 Å². The number of hydrogen-bond donors (Lipinski definition) is 0. The number of aromatic nitrogens is 2. The summed E-state index contributed by atoms with van der Waals surface area (Å²) < 4.78 is 12.3. The van der Waals surface area contributed by atoms with Crippen LogP contribution in [0.1, 0.15) is 17.0 Å². The van der Waals surface area contributed by atoms with Crippen LogP contribution in [-0.4, -0.2) is 22.1 Å². The van der Waals surface area contributed by atoms with Crippen molar-refractivity contribution in [2.75, 3.05) is 6.61 Å². The van der Waals surface area contributed by atoms with Gasteiger partial charge in [-0.15, -0.1) is 0 Å². The maximum absolute atomic E-state index is 12.4. The van der Waals surface area contributed by atoms with E-state index in [9.17, 15) is 9.59 Å². The van der Waals surface area contributed by atoms with E-state index in [0.717, 1.165) is 0 Å². The van der Waals surface area contributed by atoms with Gasteiger partial charge < -0.3 is 9.15 Å². The third-order valence-electron chi connectivity index (χ3n) is 4.52. The van der Waals surface area contributed by atoms with Gasteiger partial charge in [0.15, 0.2) is 0 Å². The molecule has 0 N–H and O–H groups in total. The maximum Gasteiger partial charge on any atom is 0.374 e.